The van der Waals surface area contributed by atoms with Gasteiger partial charge in [0.25, 0.3) is 0 Å². The maximum atomic E-state index is 10.9. The second-order valence-corrected chi connectivity index (χ2v) is 5.40. The maximum absolute atomic E-state index is 10.9. The van der Waals surface area contributed by atoms with E-state index in [-0.39, 0.29) is 1.43 Å². The van der Waals surface area contributed by atoms with Crippen LogP contribution in [0.4, 0.5) is 5.69 Å². The molecule has 14 heavy (non-hydrogen) atoms. The third-order valence-electron chi connectivity index (χ3n) is 1.88. The predicted molar refractivity (Wildman–Crippen MR) is 61.1 cm³/mol. The summed E-state index contributed by atoms with van der Waals surface area (Å²) in [5.41, 5.74) is 1.81. The molecule has 1 N–H and O–H groups in total. The normalized spacial score (nSPS) is 11.7. The fourth-order valence-electron chi connectivity index (χ4n) is 1.15. The number of sulfonamides is 1. The van der Waals surface area contributed by atoms with E-state index in [4.69, 9.17) is 0 Å². The van der Waals surface area contributed by atoms with Gasteiger partial charge in [-0.3, -0.25) is 4.72 Å². The highest BCUT2D eigenvalue weighted by atomic mass is 32.2. The third kappa shape index (κ3) is 3.38. The molecular weight excluding hydrogens is 198 g/mol. The molecule has 1 aromatic carbocycles. The molecule has 0 amide bonds. The molecule has 0 radical (unpaired) electrons. The highest BCUT2D eigenvalue weighted by Crippen LogP contribution is 2.17. The number of hydrogen-bond acceptors (Lipinski definition) is 2. The van der Waals surface area contributed by atoms with E-state index in [1.54, 1.807) is 12.1 Å². The Hall–Kier alpha value is -1.03. The van der Waals surface area contributed by atoms with Crippen molar-refractivity contribution in [3.63, 3.8) is 0 Å². The summed E-state index contributed by atoms with van der Waals surface area (Å²) >= 11 is 0. The SMILES string of the molecule is CC(C)c1ccc(NS(C)(=O)=O)cc1.[HH]. The van der Waals surface area contributed by atoms with Gasteiger partial charge in [0.05, 0.1) is 6.26 Å². The van der Waals surface area contributed by atoms with E-state index in [2.05, 4.69) is 18.6 Å². The average molecular weight is 215 g/mol. The van der Waals surface area contributed by atoms with Gasteiger partial charge in [-0.2, -0.15) is 0 Å². The lowest BCUT2D eigenvalue weighted by Crippen LogP contribution is -2.09. The first kappa shape index (κ1) is 11.0. The minimum Gasteiger partial charge on any atom is -0.284 e. The second-order valence-electron chi connectivity index (χ2n) is 3.65. The van der Waals surface area contributed by atoms with E-state index < -0.39 is 10.0 Å². The van der Waals surface area contributed by atoms with Crippen molar-refractivity contribution in [1.82, 2.24) is 0 Å². The fraction of sp³-hybridized carbons (Fsp3) is 0.400. The van der Waals surface area contributed by atoms with Gasteiger partial charge in [0.1, 0.15) is 0 Å². The predicted octanol–water partition coefficient (Wildman–Crippen LogP) is 2.43. The summed E-state index contributed by atoms with van der Waals surface area (Å²) < 4.78 is 24.2. The van der Waals surface area contributed by atoms with Gasteiger partial charge in [-0.15, -0.1) is 0 Å². The van der Waals surface area contributed by atoms with E-state index in [9.17, 15) is 8.42 Å². The van der Waals surface area contributed by atoms with Crippen molar-refractivity contribution in [3.05, 3.63) is 29.8 Å². The summed E-state index contributed by atoms with van der Waals surface area (Å²) in [6.45, 7) is 4.19. The molecule has 0 spiro atoms. The van der Waals surface area contributed by atoms with Crippen molar-refractivity contribution < 1.29 is 9.84 Å². The molecule has 0 atom stereocenters. The van der Waals surface area contributed by atoms with Crippen molar-refractivity contribution in [1.29, 1.82) is 0 Å². The van der Waals surface area contributed by atoms with Crippen LogP contribution in [-0.2, 0) is 10.0 Å². The standard InChI is InChI=1S/C10H15NO2S.H2/c1-8(2)9-4-6-10(7-5-9)11-14(3,12)13;/h4-8,11H,1-3H3;1H. The summed E-state index contributed by atoms with van der Waals surface area (Å²) in [6.07, 6.45) is 1.14. The number of hydrogen-bond donors (Lipinski definition) is 1. The largest absolute Gasteiger partial charge is 0.284 e. The number of rotatable bonds is 3. The second kappa shape index (κ2) is 4.00. The van der Waals surface area contributed by atoms with Gasteiger partial charge in [-0.05, 0) is 23.6 Å². The van der Waals surface area contributed by atoms with Crippen LogP contribution in [0, 0.1) is 0 Å². The molecule has 0 unspecified atom stereocenters. The lowest BCUT2D eigenvalue weighted by molar-refractivity contribution is 0.607. The zero-order valence-electron chi connectivity index (χ0n) is 8.61. The van der Waals surface area contributed by atoms with Crippen molar-refractivity contribution in [3.8, 4) is 0 Å². The molecule has 0 saturated carbocycles. The van der Waals surface area contributed by atoms with Gasteiger partial charge >= 0.3 is 0 Å². The van der Waals surface area contributed by atoms with Crippen molar-refractivity contribution >= 4 is 15.7 Å². The Morgan fingerprint density at radius 3 is 2.07 bits per heavy atom. The van der Waals surface area contributed by atoms with E-state index >= 15 is 0 Å². The molecule has 0 aliphatic carbocycles. The Balaban J connectivity index is 0.00000196. The summed E-state index contributed by atoms with van der Waals surface area (Å²) in [5, 5.41) is 0. The lowest BCUT2D eigenvalue weighted by Gasteiger charge is -2.07. The molecule has 1 aromatic rings. The summed E-state index contributed by atoms with van der Waals surface area (Å²) in [4.78, 5) is 0. The summed E-state index contributed by atoms with van der Waals surface area (Å²) in [6, 6.07) is 7.41. The Morgan fingerprint density at radius 1 is 1.21 bits per heavy atom. The Bertz CT molecular complexity index is 398. The Labute approximate surface area is 86.7 Å². The summed E-state index contributed by atoms with van der Waals surface area (Å²) in [5.74, 6) is 0.460. The van der Waals surface area contributed by atoms with E-state index in [1.807, 2.05) is 12.1 Å². The molecule has 0 heterocycles. The van der Waals surface area contributed by atoms with Crippen molar-refractivity contribution in [2.45, 2.75) is 19.8 Å². The molecule has 0 saturated heterocycles. The minimum absolute atomic E-state index is 0. The molecular formula is C10H17NO2S. The molecule has 0 aliphatic rings. The van der Waals surface area contributed by atoms with Crippen LogP contribution in [0.15, 0.2) is 24.3 Å². The number of anilines is 1. The Morgan fingerprint density at radius 2 is 1.71 bits per heavy atom. The van der Waals surface area contributed by atoms with Gasteiger partial charge in [0, 0.05) is 7.11 Å². The van der Waals surface area contributed by atoms with Gasteiger partial charge < -0.3 is 0 Å². The first-order valence-corrected chi connectivity index (χ1v) is 6.35. The van der Waals surface area contributed by atoms with E-state index in [0.29, 0.717) is 11.6 Å². The molecule has 3 nitrogen and oxygen atoms in total. The zero-order valence-corrected chi connectivity index (χ0v) is 9.43. The highest BCUT2D eigenvalue weighted by Gasteiger charge is 2.02. The van der Waals surface area contributed by atoms with Gasteiger partial charge in [-0.1, -0.05) is 26.0 Å². The molecule has 0 fully saturated rings. The van der Waals surface area contributed by atoms with Crippen LogP contribution in [0.2, 0.25) is 0 Å². The Kier molecular flexibility index (Phi) is 3.16. The van der Waals surface area contributed by atoms with Gasteiger partial charge in [0.2, 0.25) is 10.0 Å². The third-order valence-corrected chi connectivity index (χ3v) is 2.49. The first-order chi connectivity index (χ1) is 6.38. The van der Waals surface area contributed by atoms with Crippen LogP contribution in [0.25, 0.3) is 0 Å². The van der Waals surface area contributed by atoms with Gasteiger partial charge in [-0.25, -0.2) is 8.42 Å². The monoisotopic (exact) mass is 215 g/mol. The van der Waals surface area contributed by atoms with E-state index in [0.717, 1.165) is 6.26 Å². The van der Waals surface area contributed by atoms with Gasteiger partial charge in [0.15, 0.2) is 0 Å². The molecule has 0 bridgehead atoms. The topological polar surface area (TPSA) is 46.2 Å². The molecule has 80 valence electrons. The van der Waals surface area contributed by atoms with Crippen LogP contribution in [0.5, 0.6) is 0 Å². The van der Waals surface area contributed by atoms with E-state index in [1.165, 1.54) is 5.56 Å². The molecule has 0 aliphatic heterocycles. The maximum Gasteiger partial charge on any atom is 0.229 e. The number of nitrogens with one attached hydrogen (secondary N) is 1. The zero-order chi connectivity index (χ0) is 10.8. The quantitative estimate of drug-likeness (QED) is 0.841. The smallest absolute Gasteiger partial charge is 0.229 e. The van der Waals surface area contributed by atoms with Crippen molar-refractivity contribution in [2.75, 3.05) is 11.0 Å². The van der Waals surface area contributed by atoms with Crippen LogP contribution >= 0.6 is 0 Å². The average Bonchev–Trinajstić information content (AvgIpc) is 2.02. The van der Waals surface area contributed by atoms with Crippen molar-refractivity contribution in [2.24, 2.45) is 0 Å². The van der Waals surface area contributed by atoms with Crippen LogP contribution in [0.3, 0.4) is 0 Å². The first-order valence-electron chi connectivity index (χ1n) is 4.46. The minimum atomic E-state index is -3.16. The van der Waals surface area contributed by atoms with Crippen LogP contribution < -0.4 is 4.72 Å². The summed E-state index contributed by atoms with van der Waals surface area (Å²) in [7, 11) is -3.16. The highest BCUT2D eigenvalue weighted by molar-refractivity contribution is 7.92. The molecule has 1 rings (SSSR count). The lowest BCUT2D eigenvalue weighted by atomic mass is 10.0. The van der Waals surface area contributed by atoms with Crippen LogP contribution in [-0.4, -0.2) is 14.7 Å². The van der Waals surface area contributed by atoms with Crippen LogP contribution in [0.1, 0.15) is 26.8 Å². The molecule has 0 aromatic heterocycles. The fourth-order valence-corrected chi connectivity index (χ4v) is 1.71. The molecule has 4 heteroatoms. The number of benzene rings is 1.